The van der Waals surface area contributed by atoms with Gasteiger partial charge in [0.1, 0.15) is 5.56 Å². The second kappa shape index (κ2) is 9.49. The average molecular weight is 555 g/mol. The van der Waals surface area contributed by atoms with Gasteiger partial charge in [0.15, 0.2) is 26.9 Å². The normalized spacial score (nSPS) is 14.6. The molecule has 1 aromatic carbocycles. The number of nitrogens with zero attached hydrogens (tertiary/aromatic N) is 3. The molecule has 1 saturated carbocycles. The highest BCUT2D eigenvalue weighted by atomic mass is 32.2. The van der Waals surface area contributed by atoms with Crippen molar-refractivity contribution in [3.63, 3.8) is 0 Å². The van der Waals surface area contributed by atoms with Crippen molar-refractivity contribution in [1.29, 1.82) is 0 Å². The van der Waals surface area contributed by atoms with Crippen LogP contribution in [0, 0.1) is 13.8 Å². The summed E-state index contributed by atoms with van der Waals surface area (Å²) < 4.78 is 90.1. The zero-order chi connectivity index (χ0) is 28.0. The third-order valence-electron chi connectivity index (χ3n) is 5.87. The van der Waals surface area contributed by atoms with E-state index in [2.05, 4.69) is 20.5 Å². The molecule has 0 spiro atoms. The molecule has 2 aromatic heterocycles. The van der Waals surface area contributed by atoms with E-state index >= 15 is 0 Å². The molecule has 3 aromatic rings. The largest absolute Gasteiger partial charge is 0.478 e. The number of methoxy groups -OCH3 is 1. The summed E-state index contributed by atoms with van der Waals surface area (Å²) in [4.78, 5) is 17.3. The molecule has 1 aliphatic rings. The first-order chi connectivity index (χ1) is 17.6. The Labute approximate surface area is 215 Å². The highest BCUT2D eigenvalue weighted by molar-refractivity contribution is 7.90. The number of hydrogen-bond donors (Lipinski definition) is 1. The van der Waals surface area contributed by atoms with Gasteiger partial charge in [-0.2, -0.15) is 13.2 Å². The van der Waals surface area contributed by atoms with Crippen molar-refractivity contribution in [1.82, 2.24) is 15.2 Å². The fourth-order valence-corrected chi connectivity index (χ4v) is 4.36. The van der Waals surface area contributed by atoms with Gasteiger partial charge in [-0.25, -0.2) is 17.8 Å². The topological polar surface area (TPSA) is 120 Å². The van der Waals surface area contributed by atoms with E-state index in [1.54, 1.807) is 6.92 Å². The number of anilines is 1. The van der Waals surface area contributed by atoms with E-state index in [0.717, 1.165) is 19.2 Å². The number of nitrogens with one attached hydrogen (secondary N) is 1. The number of carbonyl (C=O) groups excluding carboxylic acids is 1. The summed E-state index contributed by atoms with van der Waals surface area (Å²) in [7, 11) is -2.37. The Kier molecular flexibility index (Phi) is 6.80. The zero-order valence-corrected chi connectivity index (χ0v) is 21.4. The van der Waals surface area contributed by atoms with Gasteiger partial charge in [-0.05, 0) is 62.1 Å². The highest BCUT2D eigenvalue weighted by Crippen LogP contribution is 2.50. The molecule has 1 N–H and O–H groups in total. The lowest BCUT2D eigenvalue weighted by Gasteiger charge is -2.18. The molecule has 2 heterocycles. The molecular formula is C24H22F4N4O5S. The minimum Gasteiger partial charge on any atom is -0.478 e. The summed E-state index contributed by atoms with van der Waals surface area (Å²) >= 11 is 0. The summed E-state index contributed by atoms with van der Waals surface area (Å²) in [5, 5.41) is 9.11. The van der Waals surface area contributed by atoms with Crippen LogP contribution in [0.5, 0.6) is 17.5 Å². The molecule has 0 bridgehead atoms. The number of aromatic nitrogens is 3. The van der Waals surface area contributed by atoms with Crippen LogP contribution in [0.3, 0.4) is 0 Å². The fraction of sp³-hybridized carbons (Fsp3) is 0.333. The van der Waals surface area contributed by atoms with E-state index < -0.39 is 50.3 Å². The van der Waals surface area contributed by atoms with Crippen LogP contribution in [0.1, 0.15) is 45.7 Å². The number of hydrogen-bond acceptors (Lipinski definition) is 8. The van der Waals surface area contributed by atoms with Crippen molar-refractivity contribution in [2.24, 2.45) is 0 Å². The summed E-state index contributed by atoms with van der Waals surface area (Å²) in [6.45, 7) is 2.58. The standard InChI is InChI=1S/C24H22F4N4O5S/c1-12-10-16(23(25)8-9-23)30-22(36-3)18(12)37-21-17(13(2)19(31-32-21)24(26,27)28)20(33)29-14-6-5-7-15(11-14)38(4,34)35/h5-7,10-11H,8-9H2,1-4H3,(H,29,33). The summed E-state index contributed by atoms with van der Waals surface area (Å²) in [6.07, 6.45) is -3.39. The average Bonchev–Trinajstić information content (AvgIpc) is 3.57. The SMILES string of the molecule is COc1nc(C2(F)CC2)cc(C)c1Oc1nnc(C(F)(F)F)c(C)c1C(=O)Nc1cccc(S(C)(=O)=O)c1. The van der Waals surface area contributed by atoms with E-state index in [4.69, 9.17) is 9.47 Å². The van der Waals surface area contributed by atoms with Gasteiger partial charge in [-0.3, -0.25) is 4.79 Å². The van der Waals surface area contributed by atoms with Crippen LogP contribution < -0.4 is 14.8 Å². The maximum atomic E-state index is 14.6. The summed E-state index contributed by atoms with van der Waals surface area (Å²) in [5.74, 6) is -1.91. The zero-order valence-electron chi connectivity index (χ0n) is 20.6. The summed E-state index contributed by atoms with van der Waals surface area (Å²) in [5.41, 5.74) is -3.73. The lowest BCUT2D eigenvalue weighted by atomic mass is 10.1. The number of halogens is 4. The molecule has 0 aliphatic heterocycles. The number of rotatable bonds is 7. The quantitative estimate of drug-likeness (QED) is 0.409. The van der Waals surface area contributed by atoms with Crippen LogP contribution in [0.2, 0.25) is 0 Å². The van der Waals surface area contributed by atoms with Crippen LogP contribution in [0.4, 0.5) is 23.2 Å². The number of ether oxygens (including phenoxy) is 2. The van der Waals surface area contributed by atoms with Crippen molar-refractivity contribution < 1.29 is 40.2 Å². The molecule has 202 valence electrons. The van der Waals surface area contributed by atoms with E-state index in [-0.39, 0.29) is 40.7 Å². The Morgan fingerprint density at radius 3 is 2.37 bits per heavy atom. The molecule has 0 atom stereocenters. The first-order valence-electron chi connectivity index (χ1n) is 11.1. The summed E-state index contributed by atoms with van der Waals surface area (Å²) in [6, 6.07) is 6.60. The van der Waals surface area contributed by atoms with Gasteiger partial charge >= 0.3 is 6.18 Å². The van der Waals surface area contributed by atoms with E-state index in [1.165, 1.54) is 31.4 Å². The van der Waals surface area contributed by atoms with Crippen LogP contribution in [0.25, 0.3) is 0 Å². The van der Waals surface area contributed by atoms with Crippen molar-refractivity contribution in [2.75, 3.05) is 18.7 Å². The molecular weight excluding hydrogens is 532 g/mol. The Morgan fingerprint density at radius 1 is 1.11 bits per heavy atom. The molecule has 14 heteroatoms. The molecule has 1 amide bonds. The highest BCUT2D eigenvalue weighted by Gasteiger charge is 2.47. The van der Waals surface area contributed by atoms with Crippen molar-refractivity contribution in [2.45, 2.75) is 43.4 Å². The fourth-order valence-electron chi connectivity index (χ4n) is 3.69. The number of benzene rings is 1. The molecule has 4 rings (SSSR count). The molecule has 0 unspecified atom stereocenters. The van der Waals surface area contributed by atoms with Crippen LogP contribution in [-0.4, -0.2) is 42.9 Å². The monoisotopic (exact) mass is 554 g/mol. The Morgan fingerprint density at radius 2 is 1.79 bits per heavy atom. The van der Waals surface area contributed by atoms with Gasteiger partial charge in [0.2, 0.25) is 0 Å². The third-order valence-corrected chi connectivity index (χ3v) is 6.98. The smallest absolute Gasteiger partial charge is 0.435 e. The van der Waals surface area contributed by atoms with E-state index in [9.17, 15) is 30.8 Å². The van der Waals surface area contributed by atoms with Gasteiger partial charge < -0.3 is 14.8 Å². The van der Waals surface area contributed by atoms with Crippen LogP contribution in [-0.2, 0) is 21.7 Å². The predicted molar refractivity (Wildman–Crippen MR) is 127 cm³/mol. The first-order valence-corrected chi connectivity index (χ1v) is 13.0. The Hall–Kier alpha value is -3.81. The number of pyridine rings is 1. The molecule has 1 aliphatic carbocycles. The Bertz CT molecular complexity index is 1540. The molecule has 0 saturated heterocycles. The number of alkyl halides is 4. The third kappa shape index (κ3) is 5.39. The van der Waals surface area contributed by atoms with Gasteiger partial charge in [0.05, 0.1) is 17.7 Å². The molecule has 9 nitrogen and oxygen atoms in total. The lowest BCUT2D eigenvalue weighted by molar-refractivity contribution is -0.142. The second-order valence-corrected chi connectivity index (χ2v) is 10.9. The minimum absolute atomic E-state index is 0.00565. The van der Waals surface area contributed by atoms with Crippen molar-refractivity contribution in [3.8, 4) is 17.5 Å². The number of aryl methyl sites for hydroxylation is 1. The van der Waals surface area contributed by atoms with Gasteiger partial charge in [0, 0.05) is 11.9 Å². The van der Waals surface area contributed by atoms with E-state index in [1.807, 2.05) is 0 Å². The first kappa shape index (κ1) is 27.2. The van der Waals surface area contributed by atoms with Crippen molar-refractivity contribution >= 4 is 21.4 Å². The van der Waals surface area contributed by atoms with Crippen LogP contribution >= 0.6 is 0 Å². The van der Waals surface area contributed by atoms with Gasteiger partial charge in [-0.1, -0.05) is 6.07 Å². The molecule has 38 heavy (non-hydrogen) atoms. The molecule has 0 radical (unpaired) electrons. The number of amides is 1. The van der Waals surface area contributed by atoms with Gasteiger partial charge in [-0.15, -0.1) is 10.2 Å². The van der Waals surface area contributed by atoms with Gasteiger partial charge in [0.25, 0.3) is 17.7 Å². The maximum Gasteiger partial charge on any atom is 0.435 e. The number of carbonyl (C=O) groups is 1. The van der Waals surface area contributed by atoms with Crippen molar-refractivity contribution in [3.05, 3.63) is 58.4 Å². The minimum atomic E-state index is -4.93. The predicted octanol–water partition coefficient (Wildman–Crippen LogP) is 4.92. The number of sulfone groups is 1. The lowest BCUT2D eigenvalue weighted by Crippen LogP contribution is -2.21. The van der Waals surface area contributed by atoms with Crippen LogP contribution in [0.15, 0.2) is 35.2 Å². The molecule has 1 fully saturated rings. The maximum absolute atomic E-state index is 14.6. The Balaban J connectivity index is 1.79. The van der Waals surface area contributed by atoms with E-state index in [0.29, 0.717) is 5.56 Å². The second-order valence-electron chi connectivity index (χ2n) is 8.84.